The molecule has 2 amide bonds. The van der Waals surface area contributed by atoms with E-state index in [0.29, 0.717) is 57.0 Å². The molecule has 1 atom stereocenters. The van der Waals surface area contributed by atoms with Gasteiger partial charge in [0.15, 0.2) is 10.8 Å². The first-order chi connectivity index (χ1) is 19.9. The molecule has 4 heterocycles. The van der Waals surface area contributed by atoms with Gasteiger partial charge in [0.2, 0.25) is 0 Å². The highest BCUT2D eigenvalue weighted by Crippen LogP contribution is 2.42. The van der Waals surface area contributed by atoms with E-state index in [9.17, 15) is 19.5 Å². The monoisotopic (exact) mass is 578 g/mol. The van der Waals surface area contributed by atoms with E-state index in [1.54, 1.807) is 18.0 Å². The lowest BCUT2D eigenvalue weighted by Gasteiger charge is -2.37. The second-order valence-corrected chi connectivity index (χ2v) is 11.8. The molecular weight excluding hydrogens is 544 g/mol. The molecule has 0 bridgehead atoms. The van der Waals surface area contributed by atoms with Crippen molar-refractivity contribution in [2.24, 2.45) is 4.99 Å². The van der Waals surface area contributed by atoms with E-state index in [0.717, 1.165) is 34.8 Å². The Kier molecular flexibility index (Phi) is 7.52. The summed E-state index contributed by atoms with van der Waals surface area (Å²) in [5, 5.41) is 15.9. The van der Waals surface area contributed by atoms with Crippen molar-refractivity contribution in [1.29, 1.82) is 0 Å². The second kappa shape index (κ2) is 11.2. The largest absolute Gasteiger partial charge is 0.481 e. The molecule has 1 saturated carbocycles. The van der Waals surface area contributed by atoms with Crippen LogP contribution in [-0.2, 0) is 19.7 Å². The molecule has 2 saturated heterocycles. The fourth-order valence-corrected chi connectivity index (χ4v) is 7.03. The molecule has 0 radical (unpaired) electrons. The third kappa shape index (κ3) is 5.10. The molecule has 4 aliphatic rings. The average molecular weight is 579 g/mol. The summed E-state index contributed by atoms with van der Waals surface area (Å²) in [7, 11) is 0. The number of carbonyl (C=O) groups excluding carboxylic acids is 2. The number of carbonyl (C=O) groups is 3. The third-order valence-electron chi connectivity index (χ3n) is 8.60. The highest BCUT2D eigenvalue weighted by molar-refractivity contribution is 7.11. The van der Waals surface area contributed by atoms with Gasteiger partial charge in [-0.25, -0.2) is 14.6 Å². The third-order valence-corrected chi connectivity index (χ3v) is 9.38. The zero-order valence-electron chi connectivity index (χ0n) is 23.0. The van der Waals surface area contributed by atoms with E-state index in [2.05, 4.69) is 20.2 Å². The zero-order chi connectivity index (χ0) is 28.6. The number of aromatic nitrogens is 1. The summed E-state index contributed by atoms with van der Waals surface area (Å²) in [6, 6.07) is 7.49. The molecule has 2 N–H and O–H groups in total. The van der Waals surface area contributed by atoms with E-state index in [1.165, 1.54) is 11.3 Å². The number of nitrogens with zero attached hydrogens (tertiary/aromatic N) is 5. The minimum Gasteiger partial charge on any atom is -0.481 e. The van der Waals surface area contributed by atoms with Gasteiger partial charge in [-0.3, -0.25) is 19.6 Å². The number of hydrogen-bond acceptors (Lipinski definition) is 9. The van der Waals surface area contributed by atoms with Crippen LogP contribution >= 0.6 is 11.3 Å². The average Bonchev–Trinajstić information content (AvgIpc) is 3.75. The number of carboxylic acid groups (broad SMARTS) is 1. The molecule has 3 fully saturated rings. The Morgan fingerprint density at radius 1 is 1.17 bits per heavy atom. The molecule has 2 aromatic rings. The first kappa shape index (κ1) is 27.4. The van der Waals surface area contributed by atoms with Crippen LogP contribution in [0.2, 0.25) is 0 Å². The van der Waals surface area contributed by atoms with Crippen LogP contribution in [0.15, 0.2) is 52.1 Å². The van der Waals surface area contributed by atoms with Crippen LogP contribution < -0.4 is 10.2 Å². The predicted molar refractivity (Wildman–Crippen MR) is 154 cm³/mol. The normalized spacial score (nSPS) is 22.4. The number of aliphatic imine (C=N–C) groups is 1. The van der Waals surface area contributed by atoms with E-state index in [4.69, 9.17) is 4.74 Å². The number of hydrogen-bond donors (Lipinski definition) is 2. The molecule has 1 aromatic carbocycles. The maximum atomic E-state index is 13.4. The number of ether oxygens (including phenoxy) is 1. The predicted octanol–water partition coefficient (Wildman–Crippen LogP) is 2.83. The number of aliphatic carboxylic acids is 1. The van der Waals surface area contributed by atoms with Crippen LogP contribution in [-0.4, -0.2) is 95.6 Å². The standard InChI is InChI=1S/C29H34N6O5S/c1-2-40-26(36)22-15-31-24(25-30-11-14-41-25)32-23(22)18-33-12-13-34-21(16-33)17-35(28(34)39)20-7-5-19(6-8-20)29(27(37)38)9-3-4-10-29/h5-8,11,14,21H,2-4,9-10,12-13,15-18H2,1H3,(H,31,32)(H,37,38)/t21-/m0/s1. The van der Waals surface area contributed by atoms with Crippen molar-refractivity contribution in [3.8, 4) is 0 Å². The van der Waals surface area contributed by atoms with Crippen molar-refractivity contribution < 1.29 is 24.2 Å². The molecule has 1 aromatic heterocycles. The second-order valence-electron chi connectivity index (χ2n) is 10.9. The molecule has 0 spiro atoms. The van der Waals surface area contributed by atoms with Gasteiger partial charge in [-0.1, -0.05) is 25.0 Å². The van der Waals surface area contributed by atoms with Gasteiger partial charge in [0.1, 0.15) is 0 Å². The molecule has 6 rings (SSSR count). The summed E-state index contributed by atoms with van der Waals surface area (Å²) in [6.45, 7) is 5.25. The fourth-order valence-electron chi connectivity index (χ4n) is 6.43. The Morgan fingerprint density at radius 2 is 1.95 bits per heavy atom. The minimum atomic E-state index is -0.820. The fraction of sp³-hybridized carbons (Fsp3) is 0.483. The molecule has 11 nitrogen and oxygen atoms in total. The molecule has 1 aliphatic carbocycles. The first-order valence-electron chi connectivity index (χ1n) is 14.1. The quantitative estimate of drug-likeness (QED) is 0.458. The topological polar surface area (TPSA) is 128 Å². The summed E-state index contributed by atoms with van der Waals surface area (Å²) < 4.78 is 5.30. The van der Waals surface area contributed by atoms with Gasteiger partial charge in [0, 0.05) is 55.7 Å². The summed E-state index contributed by atoms with van der Waals surface area (Å²) in [6.07, 6.45) is 4.85. The zero-order valence-corrected chi connectivity index (χ0v) is 23.9. The Balaban J connectivity index is 1.15. The minimum absolute atomic E-state index is 0.00143. The van der Waals surface area contributed by atoms with E-state index < -0.39 is 11.4 Å². The molecule has 0 unspecified atom stereocenters. The van der Waals surface area contributed by atoms with Crippen molar-refractivity contribution in [1.82, 2.24) is 20.1 Å². The van der Waals surface area contributed by atoms with Crippen molar-refractivity contribution in [2.75, 3.05) is 50.8 Å². The lowest BCUT2D eigenvalue weighted by molar-refractivity contribution is -0.143. The van der Waals surface area contributed by atoms with Crippen molar-refractivity contribution in [2.45, 2.75) is 44.1 Å². The van der Waals surface area contributed by atoms with Crippen LogP contribution in [0.3, 0.4) is 0 Å². The molecule has 216 valence electrons. The number of piperazine rings is 1. The van der Waals surface area contributed by atoms with Crippen LogP contribution in [0.1, 0.15) is 43.2 Å². The lowest BCUT2D eigenvalue weighted by atomic mass is 9.79. The maximum Gasteiger partial charge on any atom is 0.337 e. The van der Waals surface area contributed by atoms with Crippen molar-refractivity contribution in [3.63, 3.8) is 0 Å². The van der Waals surface area contributed by atoms with Crippen molar-refractivity contribution >= 4 is 40.8 Å². The number of fused-ring (bicyclic) bond motifs is 1. The van der Waals surface area contributed by atoms with E-state index in [1.807, 2.05) is 34.5 Å². The Bertz CT molecular complexity index is 1380. The van der Waals surface area contributed by atoms with Gasteiger partial charge >= 0.3 is 18.0 Å². The molecule has 3 aliphatic heterocycles. The number of benzene rings is 1. The van der Waals surface area contributed by atoms with Gasteiger partial charge in [0.25, 0.3) is 0 Å². The molecular formula is C29H34N6O5S. The summed E-state index contributed by atoms with van der Waals surface area (Å²) in [5.74, 6) is -0.492. The summed E-state index contributed by atoms with van der Waals surface area (Å²) in [5.41, 5.74) is 2.05. The van der Waals surface area contributed by atoms with Crippen LogP contribution in [0, 0.1) is 0 Å². The van der Waals surface area contributed by atoms with Gasteiger partial charge in [-0.2, -0.15) is 0 Å². The number of esters is 1. The summed E-state index contributed by atoms with van der Waals surface area (Å²) in [4.78, 5) is 53.0. The molecule has 41 heavy (non-hydrogen) atoms. The Hall–Kier alpha value is -3.77. The Morgan fingerprint density at radius 3 is 2.63 bits per heavy atom. The van der Waals surface area contributed by atoms with E-state index >= 15 is 0 Å². The smallest absolute Gasteiger partial charge is 0.337 e. The Labute approximate surface area is 242 Å². The number of thiazole rings is 1. The van der Waals surface area contributed by atoms with Crippen LogP contribution in [0.5, 0.6) is 0 Å². The van der Waals surface area contributed by atoms with Gasteiger partial charge in [-0.05, 0) is 37.5 Å². The first-order valence-corrected chi connectivity index (χ1v) is 15.0. The number of nitrogens with one attached hydrogen (secondary N) is 1. The summed E-state index contributed by atoms with van der Waals surface area (Å²) >= 11 is 1.48. The number of anilines is 1. The molecule has 12 heteroatoms. The SMILES string of the molecule is CCOC(=O)C1=C(CN2CCN3C(=O)N(c4ccc(C5(C(=O)O)CCCC5)cc4)C[C@@H]3C2)NC(c2nccs2)=NC1. The van der Waals surface area contributed by atoms with E-state index in [-0.39, 0.29) is 31.2 Å². The van der Waals surface area contributed by atoms with Crippen LogP contribution in [0.4, 0.5) is 10.5 Å². The highest BCUT2D eigenvalue weighted by atomic mass is 32.1. The van der Waals surface area contributed by atoms with Gasteiger partial charge in [-0.15, -0.1) is 11.3 Å². The number of amidine groups is 1. The number of rotatable bonds is 8. The van der Waals surface area contributed by atoms with Gasteiger partial charge < -0.3 is 20.1 Å². The van der Waals surface area contributed by atoms with Crippen molar-refractivity contribution in [3.05, 3.63) is 57.7 Å². The number of carboxylic acids is 1. The number of amides is 2. The highest BCUT2D eigenvalue weighted by Gasteiger charge is 2.44. The number of urea groups is 1. The maximum absolute atomic E-state index is 13.4. The lowest BCUT2D eigenvalue weighted by Crippen LogP contribution is -2.53. The van der Waals surface area contributed by atoms with Crippen LogP contribution in [0.25, 0.3) is 0 Å². The van der Waals surface area contributed by atoms with Gasteiger partial charge in [0.05, 0.1) is 30.2 Å².